The summed E-state index contributed by atoms with van der Waals surface area (Å²) < 4.78 is 26.0. The van der Waals surface area contributed by atoms with Crippen molar-refractivity contribution in [1.82, 2.24) is 15.2 Å². The number of ether oxygens (including phenoxy) is 1. The average Bonchev–Trinajstić information content (AvgIpc) is 3.72. The van der Waals surface area contributed by atoms with Gasteiger partial charge >= 0.3 is 0 Å². The molecule has 3 heterocycles. The quantitative estimate of drug-likeness (QED) is 0.314. The molecule has 7 nitrogen and oxygen atoms in total. The van der Waals surface area contributed by atoms with Gasteiger partial charge in [0.05, 0.1) is 6.04 Å². The highest BCUT2D eigenvalue weighted by Crippen LogP contribution is 2.41. The Morgan fingerprint density at radius 2 is 1.95 bits per heavy atom. The van der Waals surface area contributed by atoms with E-state index in [1.807, 2.05) is 47.4 Å². The second-order valence-electron chi connectivity index (χ2n) is 10.3. The molecule has 2 aromatic heterocycles. The van der Waals surface area contributed by atoms with Crippen LogP contribution in [0.3, 0.4) is 0 Å². The fraction of sp³-hybridized carbons (Fsp3) is 0.281. The summed E-state index contributed by atoms with van der Waals surface area (Å²) in [5, 5.41) is 2.85. The van der Waals surface area contributed by atoms with Crippen LogP contribution < -0.4 is 10.1 Å². The van der Waals surface area contributed by atoms with Crippen LogP contribution in [0.4, 0.5) is 4.39 Å². The predicted molar refractivity (Wildman–Crippen MR) is 146 cm³/mol. The van der Waals surface area contributed by atoms with E-state index in [-0.39, 0.29) is 42.0 Å². The zero-order valence-electron chi connectivity index (χ0n) is 22.0. The number of carbonyl (C=O) groups excluding carboxylic acids is 2. The highest BCUT2D eigenvalue weighted by atomic mass is 19.1. The van der Waals surface area contributed by atoms with Crippen molar-refractivity contribution in [3.8, 4) is 5.75 Å². The molecule has 0 unspecified atom stereocenters. The number of rotatable bonds is 9. The van der Waals surface area contributed by atoms with Gasteiger partial charge in [0.1, 0.15) is 23.9 Å². The standard InChI is InChI=1S/C32H30FN3O4/c33-24-5-3-4-23(18-24)30-28-19-26(10-9-21(28)14-17-36(30)32(38)22-7-8-22)39-20-27-11-12-29(40-27)31(37)35-16-13-25-6-1-2-15-34-25/h1-6,9-12,15,18-19,22,30H,7-8,13-14,16-17,20H2,(H,35,37)/t30-/m1/s1. The summed E-state index contributed by atoms with van der Waals surface area (Å²) in [6, 6.07) is 21.0. The van der Waals surface area contributed by atoms with Crippen LogP contribution in [0.15, 0.2) is 83.4 Å². The number of furan rings is 1. The molecule has 1 fully saturated rings. The summed E-state index contributed by atoms with van der Waals surface area (Å²) in [4.78, 5) is 31.8. The predicted octanol–water partition coefficient (Wildman–Crippen LogP) is 5.25. The van der Waals surface area contributed by atoms with E-state index in [4.69, 9.17) is 9.15 Å². The van der Waals surface area contributed by atoms with Crippen LogP contribution in [0.5, 0.6) is 5.75 Å². The number of amides is 2. The monoisotopic (exact) mass is 539 g/mol. The SMILES string of the molecule is O=C(NCCc1ccccn1)c1ccc(COc2ccc3c(c2)[C@@H](c2cccc(F)c2)N(C(=O)C2CC2)CC3)o1. The smallest absolute Gasteiger partial charge is 0.287 e. The number of hydrogen-bond donors (Lipinski definition) is 1. The summed E-state index contributed by atoms with van der Waals surface area (Å²) in [5.74, 6) is 0.911. The van der Waals surface area contributed by atoms with E-state index in [9.17, 15) is 14.0 Å². The average molecular weight is 540 g/mol. The topological polar surface area (TPSA) is 84.7 Å². The van der Waals surface area contributed by atoms with E-state index < -0.39 is 0 Å². The van der Waals surface area contributed by atoms with Gasteiger partial charge in [-0.3, -0.25) is 14.6 Å². The normalized spacial score (nSPS) is 16.3. The summed E-state index contributed by atoms with van der Waals surface area (Å²) >= 11 is 0. The first-order valence-electron chi connectivity index (χ1n) is 13.6. The molecule has 0 spiro atoms. The first-order chi connectivity index (χ1) is 19.5. The molecule has 1 saturated carbocycles. The molecule has 1 N–H and O–H groups in total. The van der Waals surface area contributed by atoms with Gasteiger partial charge in [-0.2, -0.15) is 0 Å². The van der Waals surface area contributed by atoms with Gasteiger partial charge in [-0.15, -0.1) is 0 Å². The molecule has 2 aliphatic rings. The molecule has 2 aromatic carbocycles. The number of benzene rings is 2. The molecule has 204 valence electrons. The lowest BCUT2D eigenvalue weighted by Gasteiger charge is -2.38. The second kappa shape index (κ2) is 11.3. The van der Waals surface area contributed by atoms with Crippen molar-refractivity contribution >= 4 is 11.8 Å². The molecule has 0 bridgehead atoms. The van der Waals surface area contributed by atoms with Gasteiger partial charge < -0.3 is 19.4 Å². The van der Waals surface area contributed by atoms with Crippen molar-refractivity contribution in [2.24, 2.45) is 5.92 Å². The Morgan fingerprint density at radius 3 is 2.75 bits per heavy atom. The van der Waals surface area contributed by atoms with Crippen molar-refractivity contribution in [2.75, 3.05) is 13.1 Å². The fourth-order valence-electron chi connectivity index (χ4n) is 5.19. The summed E-state index contributed by atoms with van der Waals surface area (Å²) in [6.07, 6.45) is 4.91. The minimum Gasteiger partial charge on any atom is -0.486 e. The lowest BCUT2D eigenvalue weighted by Crippen LogP contribution is -2.41. The third-order valence-electron chi connectivity index (χ3n) is 7.38. The van der Waals surface area contributed by atoms with Gasteiger partial charge in [-0.25, -0.2) is 4.39 Å². The number of halogens is 1. The lowest BCUT2D eigenvalue weighted by atomic mass is 9.87. The maximum Gasteiger partial charge on any atom is 0.287 e. The van der Waals surface area contributed by atoms with Gasteiger partial charge in [0.15, 0.2) is 5.76 Å². The minimum absolute atomic E-state index is 0.0670. The number of fused-ring (bicyclic) bond motifs is 1. The number of aromatic nitrogens is 1. The van der Waals surface area contributed by atoms with Crippen LogP contribution in [-0.2, 0) is 24.2 Å². The molecule has 0 radical (unpaired) electrons. The Labute approximate surface area is 232 Å². The maximum absolute atomic E-state index is 14.2. The van der Waals surface area contributed by atoms with E-state index in [1.165, 1.54) is 12.1 Å². The molecule has 1 atom stereocenters. The van der Waals surface area contributed by atoms with Crippen LogP contribution in [0.2, 0.25) is 0 Å². The molecule has 6 rings (SSSR count). The van der Waals surface area contributed by atoms with Gasteiger partial charge in [-0.1, -0.05) is 24.3 Å². The van der Waals surface area contributed by atoms with E-state index in [2.05, 4.69) is 10.3 Å². The Bertz CT molecular complexity index is 1520. The Balaban J connectivity index is 1.14. The van der Waals surface area contributed by atoms with Crippen molar-refractivity contribution in [3.05, 3.63) is 119 Å². The third-order valence-corrected chi connectivity index (χ3v) is 7.38. The highest BCUT2D eigenvalue weighted by Gasteiger charge is 2.39. The zero-order valence-corrected chi connectivity index (χ0v) is 22.0. The second-order valence-corrected chi connectivity index (χ2v) is 10.3. The van der Waals surface area contributed by atoms with Crippen LogP contribution in [0.1, 0.15) is 57.6 Å². The Kier molecular flexibility index (Phi) is 7.31. The molecule has 1 aliphatic carbocycles. The highest BCUT2D eigenvalue weighted by molar-refractivity contribution is 5.91. The molecule has 2 amide bonds. The molecule has 1 aliphatic heterocycles. The number of pyridine rings is 1. The van der Waals surface area contributed by atoms with E-state index in [0.717, 1.165) is 41.6 Å². The first-order valence-corrected chi connectivity index (χ1v) is 13.6. The summed E-state index contributed by atoms with van der Waals surface area (Å²) in [5.41, 5.74) is 3.71. The van der Waals surface area contributed by atoms with Gasteiger partial charge in [0.2, 0.25) is 5.91 Å². The molecule has 4 aromatic rings. The molecular formula is C32H30FN3O4. The van der Waals surface area contributed by atoms with E-state index in [0.29, 0.717) is 31.0 Å². The van der Waals surface area contributed by atoms with Gasteiger partial charge in [0, 0.05) is 37.3 Å². The Morgan fingerprint density at radius 1 is 1.05 bits per heavy atom. The van der Waals surface area contributed by atoms with Gasteiger partial charge in [0.25, 0.3) is 5.91 Å². The number of nitrogens with zero attached hydrogens (tertiary/aromatic N) is 2. The lowest BCUT2D eigenvalue weighted by molar-refractivity contribution is -0.134. The van der Waals surface area contributed by atoms with Crippen LogP contribution in [0.25, 0.3) is 0 Å². The van der Waals surface area contributed by atoms with Crippen molar-refractivity contribution in [2.45, 2.75) is 38.3 Å². The molecule has 40 heavy (non-hydrogen) atoms. The van der Waals surface area contributed by atoms with Gasteiger partial charge in [-0.05, 0) is 84.5 Å². The van der Waals surface area contributed by atoms with Crippen molar-refractivity contribution < 1.29 is 23.1 Å². The summed E-state index contributed by atoms with van der Waals surface area (Å²) in [6.45, 7) is 1.18. The first kappa shape index (κ1) is 25.8. The van der Waals surface area contributed by atoms with Crippen molar-refractivity contribution in [3.63, 3.8) is 0 Å². The number of carbonyl (C=O) groups is 2. The van der Waals surface area contributed by atoms with E-state index in [1.54, 1.807) is 24.4 Å². The number of nitrogens with one attached hydrogen (secondary N) is 1. The van der Waals surface area contributed by atoms with Crippen molar-refractivity contribution in [1.29, 1.82) is 0 Å². The Hall–Kier alpha value is -4.46. The van der Waals surface area contributed by atoms with Crippen LogP contribution in [0, 0.1) is 11.7 Å². The molecule has 0 saturated heterocycles. The third kappa shape index (κ3) is 5.76. The minimum atomic E-state index is -0.374. The fourth-order valence-corrected chi connectivity index (χ4v) is 5.19. The molecule has 8 heteroatoms. The zero-order chi connectivity index (χ0) is 27.5. The molecular weight excluding hydrogens is 509 g/mol. The largest absolute Gasteiger partial charge is 0.486 e. The summed E-state index contributed by atoms with van der Waals surface area (Å²) in [7, 11) is 0. The van der Waals surface area contributed by atoms with Crippen LogP contribution >= 0.6 is 0 Å². The maximum atomic E-state index is 14.2. The van der Waals surface area contributed by atoms with Crippen LogP contribution in [-0.4, -0.2) is 34.8 Å². The van der Waals surface area contributed by atoms with E-state index >= 15 is 0 Å². The number of hydrogen-bond acceptors (Lipinski definition) is 5.